The average Bonchev–Trinajstić information content (AvgIpc) is 2.85. The molecule has 2 aromatic rings. The number of ether oxygens (including phenoxy) is 1. The molecule has 2 aromatic carbocycles. The highest BCUT2D eigenvalue weighted by Gasteiger charge is 2.46. The SMILES string of the molecule is C1=Cc2cccc3c2N(C1)CC31C=COc2ccccc21. The first-order chi connectivity index (χ1) is 10.4. The van der Waals surface area contributed by atoms with E-state index in [1.807, 2.05) is 12.3 Å². The van der Waals surface area contributed by atoms with E-state index in [1.54, 1.807) is 0 Å². The Morgan fingerprint density at radius 3 is 2.90 bits per heavy atom. The summed E-state index contributed by atoms with van der Waals surface area (Å²) in [4.78, 5) is 2.48. The lowest BCUT2D eigenvalue weighted by molar-refractivity contribution is 0.435. The van der Waals surface area contributed by atoms with Crippen LogP contribution < -0.4 is 9.64 Å². The number of nitrogens with zero attached hydrogens (tertiary/aromatic N) is 1. The largest absolute Gasteiger partial charge is 0.465 e. The summed E-state index contributed by atoms with van der Waals surface area (Å²) in [6, 6.07) is 15.0. The molecule has 3 aliphatic heterocycles. The van der Waals surface area contributed by atoms with Crippen LogP contribution in [0.4, 0.5) is 5.69 Å². The molecule has 5 rings (SSSR count). The standard InChI is InChI=1S/C19H15NO/c1-2-9-17-15(7-1)19(10-12-21-17)13-20-11-4-6-14-5-3-8-16(19)18(14)20/h1-10,12H,11,13H2. The van der Waals surface area contributed by atoms with Gasteiger partial charge in [0.25, 0.3) is 0 Å². The van der Waals surface area contributed by atoms with Crippen LogP contribution in [0.25, 0.3) is 6.08 Å². The lowest BCUT2D eigenvalue weighted by atomic mass is 9.74. The Hall–Kier alpha value is -2.48. The predicted molar refractivity (Wildman–Crippen MR) is 84.7 cm³/mol. The molecule has 0 aliphatic carbocycles. The average molecular weight is 273 g/mol. The third-order valence-corrected chi connectivity index (χ3v) is 4.84. The van der Waals surface area contributed by atoms with Gasteiger partial charge in [-0.1, -0.05) is 48.6 Å². The van der Waals surface area contributed by atoms with Gasteiger partial charge in [0.1, 0.15) is 5.75 Å². The summed E-state index contributed by atoms with van der Waals surface area (Å²) in [5.41, 5.74) is 5.31. The van der Waals surface area contributed by atoms with Crippen molar-refractivity contribution >= 4 is 11.8 Å². The van der Waals surface area contributed by atoms with Crippen LogP contribution in [0.1, 0.15) is 16.7 Å². The minimum Gasteiger partial charge on any atom is -0.465 e. The van der Waals surface area contributed by atoms with E-state index in [0.29, 0.717) is 0 Å². The van der Waals surface area contributed by atoms with E-state index < -0.39 is 0 Å². The predicted octanol–water partition coefficient (Wildman–Crippen LogP) is 3.73. The van der Waals surface area contributed by atoms with Crippen molar-refractivity contribution in [3.8, 4) is 5.75 Å². The lowest BCUT2D eigenvalue weighted by Crippen LogP contribution is -2.35. The van der Waals surface area contributed by atoms with Crippen LogP contribution in [0.5, 0.6) is 5.75 Å². The molecule has 1 spiro atoms. The van der Waals surface area contributed by atoms with Crippen molar-refractivity contribution in [3.05, 3.63) is 77.6 Å². The van der Waals surface area contributed by atoms with Crippen LogP contribution in [0, 0.1) is 0 Å². The Morgan fingerprint density at radius 1 is 1.00 bits per heavy atom. The molecule has 0 saturated carbocycles. The molecule has 1 atom stereocenters. The fourth-order valence-corrected chi connectivity index (χ4v) is 3.96. The first kappa shape index (κ1) is 11.2. The number of para-hydroxylation sites is 2. The van der Waals surface area contributed by atoms with Crippen LogP contribution in [-0.2, 0) is 5.41 Å². The summed E-state index contributed by atoms with van der Waals surface area (Å²) >= 11 is 0. The maximum absolute atomic E-state index is 5.73. The van der Waals surface area contributed by atoms with Gasteiger partial charge in [-0.05, 0) is 23.3 Å². The second-order valence-corrected chi connectivity index (χ2v) is 5.91. The van der Waals surface area contributed by atoms with E-state index in [1.165, 1.54) is 22.4 Å². The van der Waals surface area contributed by atoms with Crippen LogP contribution in [0.15, 0.2) is 60.9 Å². The Bertz CT molecular complexity index is 805. The van der Waals surface area contributed by atoms with Crippen LogP contribution in [0.3, 0.4) is 0 Å². The normalized spacial score (nSPS) is 23.9. The number of rotatable bonds is 0. The molecule has 2 nitrogen and oxygen atoms in total. The quantitative estimate of drug-likeness (QED) is 0.725. The lowest BCUT2D eigenvalue weighted by Gasteiger charge is -2.32. The molecule has 3 heterocycles. The minimum absolute atomic E-state index is 0.0772. The number of hydrogen-bond acceptors (Lipinski definition) is 2. The minimum atomic E-state index is -0.0772. The van der Waals surface area contributed by atoms with Crippen LogP contribution in [-0.4, -0.2) is 13.1 Å². The second kappa shape index (κ2) is 3.79. The molecule has 0 bridgehead atoms. The number of benzene rings is 2. The smallest absolute Gasteiger partial charge is 0.130 e. The molecular weight excluding hydrogens is 258 g/mol. The first-order valence-corrected chi connectivity index (χ1v) is 7.37. The van der Waals surface area contributed by atoms with E-state index in [-0.39, 0.29) is 5.41 Å². The van der Waals surface area contributed by atoms with Gasteiger partial charge in [0.2, 0.25) is 0 Å². The number of hydrogen-bond donors (Lipinski definition) is 0. The van der Waals surface area contributed by atoms with Gasteiger partial charge < -0.3 is 9.64 Å². The van der Waals surface area contributed by atoms with Crippen molar-refractivity contribution in [1.29, 1.82) is 0 Å². The molecule has 1 unspecified atom stereocenters. The van der Waals surface area contributed by atoms with Gasteiger partial charge in [-0.3, -0.25) is 0 Å². The van der Waals surface area contributed by atoms with Crippen molar-refractivity contribution in [2.75, 3.05) is 18.0 Å². The Kier molecular flexibility index (Phi) is 2.02. The number of anilines is 1. The fourth-order valence-electron chi connectivity index (χ4n) is 3.96. The summed E-state index contributed by atoms with van der Waals surface area (Å²) in [7, 11) is 0. The molecule has 3 aliphatic rings. The van der Waals surface area contributed by atoms with Crippen molar-refractivity contribution in [2.45, 2.75) is 5.41 Å². The van der Waals surface area contributed by atoms with E-state index in [0.717, 1.165) is 18.8 Å². The summed E-state index contributed by atoms with van der Waals surface area (Å²) < 4.78 is 5.73. The van der Waals surface area contributed by atoms with Gasteiger partial charge in [-0.15, -0.1) is 0 Å². The van der Waals surface area contributed by atoms with E-state index >= 15 is 0 Å². The van der Waals surface area contributed by atoms with Crippen LogP contribution in [0.2, 0.25) is 0 Å². The third kappa shape index (κ3) is 1.32. The fraction of sp³-hybridized carbons (Fsp3) is 0.158. The van der Waals surface area contributed by atoms with Crippen LogP contribution >= 0.6 is 0 Å². The molecule has 0 N–H and O–H groups in total. The maximum Gasteiger partial charge on any atom is 0.130 e. The van der Waals surface area contributed by atoms with Gasteiger partial charge in [-0.2, -0.15) is 0 Å². The third-order valence-electron chi connectivity index (χ3n) is 4.84. The highest BCUT2D eigenvalue weighted by Crippen LogP contribution is 2.52. The molecule has 102 valence electrons. The topological polar surface area (TPSA) is 12.5 Å². The summed E-state index contributed by atoms with van der Waals surface area (Å²) in [6.45, 7) is 1.98. The van der Waals surface area contributed by atoms with E-state index in [2.05, 4.69) is 59.5 Å². The van der Waals surface area contributed by atoms with Crippen molar-refractivity contribution in [2.24, 2.45) is 0 Å². The zero-order valence-electron chi connectivity index (χ0n) is 11.6. The van der Waals surface area contributed by atoms with Gasteiger partial charge >= 0.3 is 0 Å². The first-order valence-electron chi connectivity index (χ1n) is 7.37. The Morgan fingerprint density at radius 2 is 1.90 bits per heavy atom. The molecule has 2 heteroatoms. The molecule has 21 heavy (non-hydrogen) atoms. The van der Waals surface area contributed by atoms with Crippen molar-refractivity contribution < 1.29 is 4.74 Å². The molecule has 0 aromatic heterocycles. The van der Waals surface area contributed by atoms with Crippen molar-refractivity contribution in [3.63, 3.8) is 0 Å². The highest BCUT2D eigenvalue weighted by molar-refractivity contribution is 5.81. The Balaban J connectivity index is 1.83. The van der Waals surface area contributed by atoms with Gasteiger partial charge in [-0.25, -0.2) is 0 Å². The molecule has 0 fully saturated rings. The molecule has 0 amide bonds. The zero-order chi connectivity index (χ0) is 13.9. The highest BCUT2D eigenvalue weighted by atomic mass is 16.5. The Labute approximate surface area is 124 Å². The zero-order valence-corrected chi connectivity index (χ0v) is 11.6. The molecule has 0 saturated heterocycles. The number of fused-ring (bicyclic) bond motifs is 3. The summed E-state index contributed by atoms with van der Waals surface area (Å²) in [5.74, 6) is 0.977. The monoisotopic (exact) mass is 273 g/mol. The van der Waals surface area contributed by atoms with Gasteiger partial charge in [0, 0.05) is 24.3 Å². The van der Waals surface area contributed by atoms with Gasteiger partial charge in [0.15, 0.2) is 0 Å². The summed E-state index contributed by atoms with van der Waals surface area (Å²) in [6.07, 6.45) is 8.57. The van der Waals surface area contributed by atoms with Crippen molar-refractivity contribution in [1.82, 2.24) is 0 Å². The molecule has 0 radical (unpaired) electrons. The second-order valence-electron chi connectivity index (χ2n) is 5.91. The molecular formula is C19H15NO. The van der Waals surface area contributed by atoms with E-state index in [4.69, 9.17) is 4.74 Å². The maximum atomic E-state index is 5.73. The van der Waals surface area contributed by atoms with Gasteiger partial charge in [0.05, 0.1) is 11.7 Å². The van der Waals surface area contributed by atoms with E-state index in [9.17, 15) is 0 Å². The summed E-state index contributed by atoms with van der Waals surface area (Å²) in [5, 5.41) is 0.